The van der Waals surface area contributed by atoms with Crippen LogP contribution in [0.3, 0.4) is 0 Å². The normalized spacial score (nSPS) is 10.7. The Morgan fingerprint density at radius 3 is 2.25 bits per heavy atom. The Hall–Kier alpha value is -2.62. The lowest BCUT2D eigenvalue weighted by atomic mass is 9.99. The number of rotatable bonds is 2. The fraction of sp³-hybridized carbons (Fsp3) is 0.125. The zero-order valence-corrected chi connectivity index (χ0v) is 11.5. The minimum atomic E-state index is 0.505. The number of anilines is 1. The smallest absolute Gasteiger partial charge is 0.153 e. The second-order valence-electron chi connectivity index (χ2n) is 4.97. The van der Waals surface area contributed by atoms with Crippen LogP contribution in [-0.4, -0.2) is 15.2 Å². The summed E-state index contributed by atoms with van der Waals surface area (Å²) >= 11 is 0. The molecule has 20 heavy (non-hydrogen) atoms. The number of nitrogens with zero attached hydrogens (tertiary/aromatic N) is 2. The molecule has 3 rings (SSSR count). The van der Waals surface area contributed by atoms with Crippen LogP contribution in [0.25, 0.3) is 22.4 Å². The quantitative estimate of drug-likeness (QED) is 0.746. The number of aromatic nitrogens is 3. The highest BCUT2D eigenvalue weighted by atomic mass is 15.2. The topological polar surface area (TPSA) is 67.6 Å². The van der Waals surface area contributed by atoms with Crippen molar-refractivity contribution in [1.29, 1.82) is 0 Å². The number of pyridine rings is 1. The molecule has 0 saturated carbocycles. The number of nitrogens with two attached hydrogens (primary N) is 1. The highest BCUT2D eigenvalue weighted by Gasteiger charge is 2.14. The highest BCUT2D eigenvalue weighted by Crippen LogP contribution is 2.34. The number of aryl methyl sites for hydroxylation is 2. The largest absolute Gasteiger partial charge is 0.382 e. The minimum absolute atomic E-state index is 0.505. The molecule has 4 heteroatoms. The molecule has 1 aromatic carbocycles. The van der Waals surface area contributed by atoms with Crippen molar-refractivity contribution in [2.24, 2.45) is 0 Å². The molecule has 0 atom stereocenters. The molecular formula is C16H16N4. The summed E-state index contributed by atoms with van der Waals surface area (Å²) < 4.78 is 0. The number of hydrogen-bond donors (Lipinski definition) is 2. The molecule has 0 fully saturated rings. The Morgan fingerprint density at radius 1 is 0.950 bits per heavy atom. The summed E-state index contributed by atoms with van der Waals surface area (Å²) in [4.78, 5) is 4.04. The molecule has 0 aliphatic rings. The second kappa shape index (κ2) is 4.81. The Morgan fingerprint density at radius 2 is 1.60 bits per heavy atom. The van der Waals surface area contributed by atoms with Crippen LogP contribution in [0.5, 0.6) is 0 Å². The van der Waals surface area contributed by atoms with Crippen LogP contribution in [0.1, 0.15) is 11.1 Å². The number of nitrogens with one attached hydrogen (secondary N) is 1. The Bertz CT molecular complexity index is 724. The van der Waals surface area contributed by atoms with Gasteiger partial charge >= 0.3 is 0 Å². The van der Waals surface area contributed by atoms with E-state index in [0.717, 1.165) is 22.4 Å². The first-order valence-corrected chi connectivity index (χ1v) is 6.48. The first-order chi connectivity index (χ1) is 9.65. The van der Waals surface area contributed by atoms with E-state index in [1.165, 1.54) is 11.1 Å². The van der Waals surface area contributed by atoms with Crippen molar-refractivity contribution in [1.82, 2.24) is 15.2 Å². The van der Waals surface area contributed by atoms with Gasteiger partial charge < -0.3 is 5.73 Å². The van der Waals surface area contributed by atoms with E-state index in [2.05, 4.69) is 47.2 Å². The van der Waals surface area contributed by atoms with E-state index in [0.29, 0.717) is 5.82 Å². The van der Waals surface area contributed by atoms with Gasteiger partial charge in [-0.2, -0.15) is 5.10 Å². The third-order valence-corrected chi connectivity index (χ3v) is 3.27. The van der Waals surface area contributed by atoms with Crippen molar-refractivity contribution in [3.05, 3.63) is 53.9 Å². The average Bonchev–Trinajstić information content (AvgIpc) is 2.80. The van der Waals surface area contributed by atoms with Gasteiger partial charge in [-0.15, -0.1) is 0 Å². The van der Waals surface area contributed by atoms with E-state index in [-0.39, 0.29) is 0 Å². The standard InChI is InChI=1S/C16H16N4/c1-10-7-11(2)9-13(8-10)15-14(16(17)20-19-15)12-3-5-18-6-4-12/h3-9H,1-2H3,(H3,17,19,20). The summed E-state index contributed by atoms with van der Waals surface area (Å²) in [6.07, 6.45) is 3.51. The first kappa shape index (κ1) is 12.4. The molecular weight excluding hydrogens is 248 g/mol. The van der Waals surface area contributed by atoms with Gasteiger partial charge in [0.2, 0.25) is 0 Å². The van der Waals surface area contributed by atoms with Gasteiger partial charge in [0, 0.05) is 18.0 Å². The van der Waals surface area contributed by atoms with Crippen molar-refractivity contribution in [2.75, 3.05) is 5.73 Å². The fourth-order valence-corrected chi connectivity index (χ4v) is 2.49. The predicted molar refractivity (Wildman–Crippen MR) is 81.1 cm³/mol. The van der Waals surface area contributed by atoms with Gasteiger partial charge in [-0.05, 0) is 43.7 Å². The highest BCUT2D eigenvalue weighted by molar-refractivity contribution is 5.87. The molecule has 3 aromatic rings. The van der Waals surface area contributed by atoms with Gasteiger partial charge in [-0.25, -0.2) is 0 Å². The summed E-state index contributed by atoms with van der Waals surface area (Å²) in [6, 6.07) is 10.3. The fourth-order valence-electron chi connectivity index (χ4n) is 2.49. The molecule has 0 spiro atoms. The molecule has 3 N–H and O–H groups in total. The molecule has 0 radical (unpaired) electrons. The monoisotopic (exact) mass is 264 g/mol. The first-order valence-electron chi connectivity index (χ1n) is 6.48. The molecule has 0 unspecified atom stereocenters. The van der Waals surface area contributed by atoms with Crippen LogP contribution in [0.4, 0.5) is 5.82 Å². The number of nitrogen functional groups attached to an aromatic ring is 1. The van der Waals surface area contributed by atoms with E-state index in [1.54, 1.807) is 12.4 Å². The van der Waals surface area contributed by atoms with Gasteiger partial charge in [0.15, 0.2) is 5.82 Å². The van der Waals surface area contributed by atoms with Gasteiger partial charge in [0.1, 0.15) is 0 Å². The van der Waals surface area contributed by atoms with Gasteiger partial charge in [-0.1, -0.05) is 17.2 Å². The van der Waals surface area contributed by atoms with E-state index >= 15 is 0 Å². The molecule has 0 bridgehead atoms. The SMILES string of the molecule is Cc1cc(C)cc(-c2[nH]nc(N)c2-c2ccncc2)c1. The predicted octanol–water partition coefficient (Wildman–Crippen LogP) is 3.34. The van der Waals surface area contributed by atoms with Gasteiger partial charge in [-0.3, -0.25) is 10.1 Å². The zero-order valence-electron chi connectivity index (χ0n) is 11.5. The van der Waals surface area contributed by atoms with Crippen LogP contribution < -0.4 is 5.73 Å². The summed E-state index contributed by atoms with van der Waals surface area (Å²) in [6.45, 7) is 4.17. The van der Waals surface area contributed by atoms with E-state index in [9.17, 15) is 0 Å². The van der Waals surface area contributed by atoms with Crippen LogP contribution in [0, 0.1) is 13.8 Å². The number of hydrogen-bond acceptors (Lipinski definition) is 3. The summed E-state index contributed by atoms with van der Waals surface area (Å²) in [5.74, 6) is 0.505. The second-order valence-corrected chi connectivity index (χ2v) is 4.97. The minimum Gasteiger partial charge on any atom is -0.382 e. The van der Waals surface area contributed by atoms with Gasteiger partial charge in [0.05, 0.1) is 11.3 Å². The van der Waals surface area contributed by atoms with Gasteiger partial charge in [0.25, 0.3) is 0 Å². The molecule has 4 nitrogen and oxygen atoms in total. The van der Waals surface area contributed by atoms with Crippen LogP contribution in [0.2, 0.25) is 0 Å². The molecule has 0 saturated heterocycles. The summed E-state index contributed by atoms with van der Waals surface area (Å²) in [5, 5.41) is 7.21. The molecule has 2 aromatic heterocycles. The third kappa shape index (κ3) is 2.16. The number of aromatic amines is 1. The van der Waals surface area contributed by atoms with Crippen molar-refractivity contribution < 1.29 is 0 Å². The lowest BCUT2D eigenvalue weighted by Crippen LogP contribution is -1.89. The van der Waals surface area contributed by atoms with E-state index in [4.69, 9.17) is 5.73 Å². The molecule has 0 amide bonds. The zero-order chi connectivity index (χ0) is 14.1. The number of H-pyrrole nitrogens is 1. The Kier molecular flexibility index (Phi) is 2.99. The maximum absolute atomic E-state index is 6.02. The van der Waals surface area contributed by atoms with Crippen LogP contribution in [0.15, 0.2) is 42.7 Å². The molecule has 2 heterocycles. The molecule has 100 valence electrons. The Labute approximate surface area is 117 Å². The van der Waals surface area contributed by atoms with Crippen molar-refractivity contribution in [2.45, 2.75) is 13.8 Å². The maximum Gasteiger partial charge on any atom is 0.153 e. The summed E-state index contributed by atoms with van der Waals surface area (Å²) in [7, 11) is 0. The summed E-state index contributed by atoms with van der Waals surface area (Å²) in [5.41, 5.74) is 12.4. The lowest BCUT2D eigenvalue weighted by Gasteiger charge is -2.07. The van der Waals surface area contributed by atoms with E-state index < -0.39 is 0 Å². The molecule has 0 aliphatic heterocycles. The van der Waals surface area contributed by atoms with Crippen molar-refractivity contribution >= 4 is 5.82 Å². The third-order valence-electron chi connectivity index (χ3n) is 3.27. The van der Waals surface area contributed by atoms with E-state index in [1.807, 2.05) is 12.1 Å². The number of benzene rings is 1. The van der Waals surface area contributed by atoms with Crippen molar-refractivity contribution in [3.63, 3.8) is 0 Å². The van der Waals surface area contributed by atoms with Crippen LogP contribution in [-0.2, 0) is 0 Å². The average molecular weight is 264 g/mol. The van der Waals surface area contributed by atoms with Crippen molar-refractivity contribution in [3.8, 4) is 22.4 Å². The van der Waals surface area contributed by atoms with Crippen LogP contribution >= 0.6 is 0 Å². The lowest BCUT2D eigenvalue weighted by molar-refractivity contribution is 1.10. The molecule has 0 aliphatic carbocycles. The maximum atomic E-state index is 6.02. The Balaban J connectivity index is 2.21.